The summed E-state index contributed by atoms with van der Waals surface area (Å²) in [4.78, 5) is 0. The molecule has 0 amide bonds. The van der Waals surface area contributed by atoms with Gasteiger partial charge in [-0.1, -0.05) is 12.1 Å². The van der Waals surface area contributed by atoms with Crippen molar-refractivity contribution < 1.29 is 9.13 Å². The highest BCUT2D eigenvalue weighted by molar-refractivity contribution is 6.21. The Morgan fingerprint density at radius 2 is 2.25 bits per heavy atom. The van der Waals surface area contributed by atoms with Crippen LogP contribution in [-0.2, 0) is 4.74 Å². The minimum Gasteiger partial charge on any atom is -0.378 e. The molecule has 1 aliphatic heterocycles. The molecule has 1 heterocycles. The molecular weight excluding hydrogens is 227 g/mol. The predicted molar refractivity (Wildman–Crippen MR) is 63.3 cm³/mol. The Bertz CT molecular complexity index is 380. The van der Waals surface area contributed by atoms with E-state index in [-0.39, 0.29) is 17.3 Å². The van der Waals surface area contributed by atoms with Crippen molar-refractivity contribution in [3.05, 3.63) is 35.1 Å². The number of hydrogen-bond acceptors (Lipinski definition) is 1. The van der Waals surface area contributed by atoms with E-state index in [2.05, 4.69) is 6.92 Å². The van der Waals surface area contributed by atoms with Crippen molar-refractivity contribution in [1.29, 1.82) is 0 Å². The highest BCUT2D eigenvalue weighted by Gasteiger charge is 2.29. The Morgan fingerprint density at radius 1 is 1.50 bits per heavy atom. The van der Waals surface area contributed by atoms with Gasteiger partial charge in [0.1, 0.15) is 5.82 Å². The summed E-state index contributed by atoms with van der Waals surface area (Å²) in [5.41, 5.74) is 1.64. The largest absolute Gasteiger partial charge is 0.378 e. The molecule has 1 aliphatic rings. The Labute approximate surface area is 101 Å². The van der Waals surface area contributed by atoms with E-state index in [1.54, 1.807) is 13.0 Å². The number of rotatable bonds is 2. The smallest absolute Gasteiger partial charge is 0.126 e. The Morgan fingerprint density at radius 3 is 2.81 bits per heavy atom. The van der Waals surface area contributed by atoms with Crippen LogP contribution < -0.4 is 0 Å². The topological polar surface area (TPSA) is 9.23 Å². The van der Waals surface area contributed by atoms with Gasteiger partial charge in [0, 0.05) is 5.92 Å². The first-order valence-corrected chi connectivity index (χ1v) is 6.03. The van der Waals surface area contributed by atoms with Gasteiger partial charge in [-0.25, -0.2) is 4.39 Å². The van der Waals surface area contributed by atoms with E-state index in [9.17, 15) is 4.39 Å². The molecule has 0 N–H and O–H groups in total. The summed E-state index contributed by atoms with van der Waals surface area (Å²) in [5.74, 6) is 0.158. The SMILES string of the molecule is Cc1cc(C(Cl)C2COC(C)C2)ccc1F. The van der Waals surface area contributed by atoms with Crippen LogP contribution >= 0.6 is 11.6 Å². The molecule has 1 aromatic rings. The minimum absolute atomic E-state index is 0.0794. The zero-order valence-electron chi connectivity index (χ0n) is 9.54. The third-order valence-corrected chi connectivity index (χ3v) is 3.75. The van der Waals surface area contributed by atoms with Crippen LogP contribution in [0.2, 0.25) is 0 Å². The van der Waals surface area contributed by atoms with E-state index in [0.717, 1.165) is 12.0 Å². The molecule has 88 valence electrons. The Balaban J connectivity index is 2.14. The molecule has 3 unspecified atom stereocenters. The fraction of sp³-hybridized carbons (Fsp3) is 0.538. The first kappa shape index (κ1) is 11.9. The summed E-state index contributed by atoms with van der Waals surface area (Å²) < 4.78 is 18.6. The maximum absolute atomic E-state index is 13.1. The number of benzene rings is 1. The average Bonchev–Trinajstić information content (AvgIpc) is 2.68. The van der Waals surface area contributed by atoms with Gasteiger partial charge in [-0.15, -0.1) is 11.6 Å². The summed E-state index contributed by atoms with van der Waals surface area (Å²) >= 11 is 6.40. The van der Waals surface area contributed by atoms with E-state index in [1.807, 2.05) is 6.07 Å². The normalized spacial score (nSPS) is 27.0. The third kappa shape index (κ3) is 2.38. The lowest BCUT2D eigenvalue weighted by Crippen LogP contribution is -2.08. The molecule has 0 aliphatic carbocycles. The van der Waals surface area contributed by atoms with Crippen molar-refractivity contribution >= 4 is 11.6 Å². The van der Waals surface area contributed by atoms with E-state index < -0.39 is 0 Å². The van der Waals surface area contributed by atoms with Crippen molar-refractivity contribution in [3.8, 4) is 0 Å². The van der Waals surface area contributed by atoms with Crippen LogP contribution in [0.4, 0.5) is 4.39 Å². The van der Waals surface area contributed by atoms with Crippen molar-refractivity contribution in [2.45, 2.75) is 31.7 Å². The number of aryl methyl sites for hydroxylation is 1. The molecule has 1 aromatic carbocycles. The van der Waals surface area contributed by atoms with Crippen LogP contribution in [0.3, 0.4) is 0 Å². The van der Waals surface area contributed by atoms with Crippen LogP contribution in [0, 0.1) is 18.7 Å². The van der Waals surface area contributed by atoms with E-state index in [1.165, 1.54) is 6.07 Å². The van der Waals surface area contributed by atoms with Crippen LogP contribution in [0.5, 0.6) is 0 Å². The van der Waals surface area contributed by atoms with Gasteiger partial charge >= 0.3 is 0 Å². The molecule has 0 radical (unpaired) electrons. The second-order valence-electron chi connectivity index (χ2n) is 4.55. The standard InChI is InChI=1S/C13H16ClFO/c1-8-5-10(3-4-12(8)15)13(14)11-6-9(2)16-7-11/h3-5,9,11,13H,6-7H2,1-2H3. The summed E-state index contributed by atoms with van der Waals surface area (Å²) in [6, 6.07) is 5.08. The van der Waals surface area contributed by atoms with E-state index >= 15 is 0 Å². The van der Waals surface area contributed by atoms with E-state index in [0.29, 0.717) is 18.1 Å². The van der Waals surface area contributed by atoms with Crippen molar-refractivity contribution in [3.63, 3.8) is 0 Å². The van der Waals surface area contributed by atoms with Gasteiger partial charge in [-0.3, -0.25) is 0 Å². The molecule has 0 bridgehead atoms. The van der Waals surface area contributed by atoms with Crippen LogP contribution in [0.15, 0.2) is 18.2 Å². The van der Waals surface area contributed by atoms with Crippen LogP contribution in [0.1, 0.15) is 29.8 Å². The Hall–Kier alpha value is -0.600. The van der Waals surface area contributed by atoms with Gasteiger partial charge in [0.2, 0.25) is 0 Å². The first-order valence-electron chi connectivity index (χ1n) is 5.59. The maximum atomic E-state index is 13.1. The molecule has 3 heteroatoms. The zero-order chi connectivity index (χ0) is 11.7. The molecule has 1 saturated heterocycles. The number of ether oxygens (including phenoxy) is 1. The van der Waals surface area contributed by atoms with Crippen molar-refractivity contribution in [1.82, 2.24) is 0 Å². The zero-order valence-corrected chi connectivity index (χ0v) is 10.3. The molecule has 16 heavy (non-hydrogen) atoms. The van der Waals surface area contributed by atoms with E-state index in [4.69, 9.17) is 16.3 Å². The molecule has 3 atom stereocenters. The van der Waals surface area contributed by atoms with Gasteiger partial charge in [-0.2, -0.15) is 0 Å². The summed E-state index contributed by atoms with van der Waals surface area (Å²) in [5, 5.41) is -0.0794. The van der Waals surface area contributed by atoms with Gasteiger partial charge in [0.15, 0.2) is 0 Å². The molecule has 1 nitrogen and oxygen atoms in total. The van der Waals surface area contributed by atoms with Crippen LogP contribution in [-0.4, -0.2) is 12.7 Å². The molecular formula is C13H16ClFO. The van der Waals surface area contributed by atoms with Crippen molar-refractivity contribution in [2.75, 3.05) is 6.61 Å². The summed E-state index contributed by atoms with van der Waals surface area (Å²) in [7, 11) is 0. The first-order chi connectivity index (χ1) is 7.58. The maximum Gasteiger partial charge on any atom is 0.126 e. The predicted octanol–water partition coefficient (Wildman–Crippen LogP) is 3.84. The fourth-order valence-electron chi connectivity index (χ4n) is 2.17. The third-order valence-electron chi connectivity index (χ3n) is 3.14. The van der Waals surface area contributed by atoms with Gasteiger partial charge in [0.25, 0.3) is 0 Å². The number of hydrogen-bond donors (Lipinski definition) is 0. The lowest BCUT2D eigenvalue weighted by atomic mass is 9.95. The van der Waals surface area contributed by atoms with Crippen LogP contribution in [0.25, 0.3) is 0 Å². The van der Waals surface area contributed by atoms with Crippen molar-refractivity contribution in [2.24, 2.45) is 5.92 Å². The molecule has 1 fully saturated rings. The monoisotopic (exact) mass is 242 g/mol. The average molecular weight is 243 g/mol. The molecule has 2 rings (SSSR count). The molecule has 0 aromatic heterocycles. The second kappa shape index (κ2) is 4.72. The fourth-order valence-corrected chi connectivity index (χ4v) is 2.48. The van der Waals surface area contributed by atoms with Gasteiger partial charge in [0.05, 0.1) is 18.1 Å². The Kier molecular flexibility index (Phi) is 3.50. The molecule has 0 saturated carbocycles. The second-order valence-corrected chi connectivity index (χ2v) is 5.02. The number of alkyl halides is 1. The minimum atomic E-state index is -0.177. The quantitative estimate of drug-likeness (QED) is 0.716. The highest BCUT2D eigenvalue weighted by Crippen LogP contribution is 2.36. The number of halogens is 2. The summed E-state index contributed by atoms with van der Waals surface area (Å²) in [6.45, 7) is 4.52. The highest BCUT2D eigenvalue weighted by atomic mass is 35.5. The van der Waals surface area contributed by atoms with Gasteiger partial charge in [-0.05, 0) is 37.5 Å². The van der Waals surface area contributed by atoms with Gasteiger partial charge < -0.3 is 4.74 Å². The molecule has 0 spiro atoms. The summed E-state index contributed by atoms with van der Waals surface area (Å²) in [6.07, 6.45) is 1.26. The lowest BCUT2D eigenvalue weighted by Gasteiger charge is -2.16. The lowest BCUT2D eigenvalue weighted by molar-refractivity contribution is 0.120.